The number of aromatic amines is 2. The van der Waals surface area contributed by atoms with Gasteiger partial charge >= 0.3 is 183 Å². The van der Waals surface area contributed by atoms with Gasteiger partial charge in [-0.15, -0.1) is 0 Å². The van der Waals surface area contributed by atoms with Crippen molar-refractivity contribution in [1.82, 2.24) is 97.2 Å². The predicted octanol–water partition coefficient (Wildman–Crippen LogP) is -21.2. The zero-order valence-electron chi connectivity index (χ0n) is 74.0. The predicted molar refractivity (Wildman–Crippen MR) is 462 cm³/mol. The first-order valence-electron chi connectivity index (χ1n) is 39.2. The molecule has 6 fully saturated rings. The number of imidazole rings is 5. The fourth-order valence-corrected chi connectivity index (χ4v) is 24.6. The molecule has 17 rings (SSSR count). The standard InChI is InChI=1S/C63H84N28O28P6S6.6Na/c1-5-102-120(95,126)119-47-36(113-60(48(47)101-4)91-24-79-44-51(66)72-19-75-55(44)91)16-107-125(100,131)118-30-9-40(89-22-78-45-52(67)81-61(68)82-56(45)89)111-35(30)15-106-122(97,128)115-28-7-37(86-11-25(2)58(92)85-63(86)94)109-32(28)12-104-123(98,129)116-29-8-39(88-21-77-43-50(65)71-18-74-54(43)88)110-33(29)14-105-124(99,130)117-31-10-41(90-23-80-46-57(90)83-62(69)84-59(46)93)112-34(31)13-103-121(96,127)114-27-6-38(108-26(27)3)87-20-76-42-49(64)70-17-73-53(42)87;;;;;;/h11,17-24,26-41,47-48,52,60H,5-10,12-16,67H2,1-4H3,(H,95,126)(H,96,127)(H,97,128)(H,98,129)(H,99,130)(H,100,131)(H2,64,70,73)(H2,65,71,74)(H2,66,72,75)(H3,68,81,82)(H,85,92,94)(H3,69,83,84,93);;;;;;/q;6*+1/p-6/t26-,27-,28-,29-,30-,31-,32-,33-,34-,35-,36-,37?,38?,39?,40?,41?,47+,48+,52?,60?,120?,121?,122?,123?,124?,125?;;;;;;/m1....../s1. The summed E-state index contributed by atoms with van der Waals surface area (Å²) in [7, 11) is 1.30. The second-order valence-corrected chi connectivity index (χ2v) is 46.3. The summed E-state index contributed by atoms with van der Waals surface area (Å²) < 4.78 is 123. The summed E-state index contributed by atoms with van der Waals surface area (Å²) in [5.41, 5.74) is 35.7. The zero-order valence-corrected chi connectivity index (χ0v) is 96.3. The number of aliphatic imine (C=N–C) groups is 1. The molecule has 0 amide bonds. The normalized spacial score (nSPS) is 29.0. The molecule has 26 atom stereocenters. The van der Waals surface area contributed by atoms with Gasteiger partial charge in [0.1, 0.15) is 167 Å². The van der Waals surface area contributed by atoms with E-state index in [0.717, 1.165) is 10.9 Å². The number of fused-ring (bicyclic) bond motifs is 5. The number of H-pyrrole nitrogens is 2. The van der Waals surface area contributed by atoms with E-state index in [-0.39, 0.29) is 290 Å². The van der Waals surface area contributed by atoms with Crippen LogP contribution >= 0.6 is 40.3 Å². The van der Waals surface area contributed by atoms with E-state index in [4.69, 9.17) is 193 Å². The quantitative estimate of drug-likeness (QED) is 0.0130. The second-order valence-electron chi connectivity index (χ2n) is 30.1. The molecule has 7 aliphatic heterocycles. The van der Waals surface area contributed by atoms with Crippen molar-refractivity contribution in [3.63, 3.8) is 0 Å². The summed E-state index contributed by atoms with van der Waals surface area (Å²) >= 11 is 32.9. The summed E-state index contributed by atoms with van der Waals surface area (Å²) in [4.78, 5) is 186. The summed E-state index contributed by atoms with van der Waals surface area (Å²) in [5.74, 6) is 0.0159. The maximum absolute atomic E-state index is 15.0. The number of rotatable bonds is 36. The van der Waals surface area contributed by atoms with Gasteiger partial charge < -0.3 is 157 Å². The maximum Gasteiger partial charge on any atom is 1.00 e. The van der Waals surface area contributed by atoms with E-state index in [0.29, 0.717) is 11.2 Å². The van der Waals surface area contributed by atoms with Crippen LogP contribution in [0.2, 0.25) is 0 Å². The van der Waals surface area contributed by atoms with Crippen LogP contribution < -0.4 is 263 Å². The number of guanidine groups is 1. The molecule has 137 heavy (non-hydrogen) atoms. The first-order valence-corrected chi connectivity index (χ1v) is 54.5. The van der Waals surface area contributed by atoms with Crippen LogP contribution in [-0.2, 0) is 158 Å². The van der Waals surface area contributed by atoms with E-state index in [2.05, 4.69) is 80.1 Å². The van der Waals surface area contributed by atoms with Crippen molar-refractivity contribution < 1.29 is 294 Å². The van der Waals surface area contributed by atoms with Crippen LogP contribution in [0.5, 0.6) is 0 Å². The van der Waals surface area contributed by atoms with Crippen molar-refractivity contribution in [2.75, 3.05) is 75.0 Å². The smallest absolute Gasteiger partial charge is 0.780 e. The summed E-state index contributed by atoms with van der Waals surface area (Å²) in [6.45, 7) is -27.8. The van der Waals surface area contributed by atoms with Gasteiger partial charge in [-0.1, -0.05) is 70.8 Å². The third-order valence-electron chi connectivity index (χ3n) is 21.7. The van der Waals surface area contributed by atoms with E-state index in [9.17, 15) is 43.7 Å². The molecular weight excluding hydrogens is 2110 g/mol. The number of nitrogens with one attached hydrogen (secondary N) is 3. The molecule has 0 bridgehead atoms. The molecule has 0 aromatic carbocycles. The Bertz CT molecular complexity index is 6560. The van der Waals surface area contributed by atoms with Crippen molar-refractivity contribution in [2.45, 2.75) is 176 Å². The molecule has 17 heterocycles. The van der Waals surface area contributed by atoms with Crippen molar-refractivity contribution >= 4 is 191 Å². The average molecular weight is 2190 g/mol. The minimum absolute atomic E-state index is 0. The number of hydrogen-bond donors (Lipinski definition) is 9. The van der Waals surface area contributed by atoms with Gasteiger partial charge in [0.15, 0.2) is 57.7 Å². The average Bonchev–Trinajstić information content (AvgIpc) is 1.62. The van der Waals surface area contributed by atoms with Crippen LogP contribution in [0, 0.1) is 6.92 Å². The number of aryl methyl sites for hydroxylation is 1. The van der Waals surface area contributed by atoms with Crippen LogP contribution in [0.4, 0.5) is 29.2 Å². The number of aromatic nitrogens is 20. The Labute approximate surface area is 937 Å². The Morgan fingerprint density at radius 2 is 0.810 bits per heavy atom. The minimum Gasteiger partial charge on any atom is -0.780 e. The van der Waals surface area contributed by atoms with Crippen molar-refractivity contribution in [1.29, 1.82) is 0 Å². The molecule has 0 radical (unpaired) electrons. The molecule has 6 saturated heterocycles. The van der Waals surface area contributed by atoms with Gasteiger partial charge in [0.25, 0.3) is 11.1 Å². The minimum atomic E-state index is -4.96. The van der Waals surface area contributed by atoms with E-state index >= 15 is 0 Å². The van der Waals surface area contributed by atoms with Gasteiger partial charge in [-0.2, -0.15) is 4.98 Å². The topological polar surface area (TPSA) is 761 Å². The van der Waals surface area contributed by atoms with E-state index in [1.807, 2.05) is 0 Å². The fourth-order valence-electron chi connectivity index (χ4n) is 15.7. The Morgan fingerprint density at radius 3 is 1.26 bits per heavy atom. The van der Waals surface area contributed by atoms with E-state index in [1.165, 1.54) is 89.7 Å². The molecular formula is C63H78N28Na6O28P6S6. The molecule has 710 valence electrons. The second kappa shape index (κ2) is 48.0. The van der Waals surface area contributed by atoms with Gasteiger partial charge in [-0.3, -0.25) is 47.0 Å². The zero-order chi connectivity index (χ0) is 92.9. The Kier molecular flexibility index (Phi) is 40.8. The number of nitrogen functional groups attached to an aromatic ring is 4. The van der Waals surface area contributed by atoms with Gasteiger partial charge in [-0.25, -0.2) is 64.6 Å². The number of methoxy groups -OCH3 is 1. The van der Waals surface area contributed by atoms with Crippen LogP contribution in [0.25, 0.3) is 44.7 Å². The Hall–Kier alpha value is -0.780. The monoisotopic (exact) mass is 2190 g/mol. The first-order chi connectivity index (χ1) is 62.2. The molecule has 15 N–H and O–H groups in total. The van der Waals surface area contributed by atoms with Crippen molar-refractivity contribution in [3.8, 4) is 0 Å². The van der Waals surface area contributed by atoms with Crippen molar-refractivity contribution in [3.05, 3.63) is 99.3 Å². The van der Waals surface area contributed by atoms with Gasteiger partial charge in [0, 0.05) is 51.0 Å². The van der Waals surface area contributed by atoms with Crippen LogP contribution in [-0.4, -0.2) is 229 Å². The fraction of sp³-hybridized carbons (Fsp3) is 0.556. The molecule has 10 aromatic heterocycles. The number of hydrogen-bond acceptors (Lipinski definition) is 54. The van der Waals surface area contributed by atoms with E-state index in [1.54, 1.807) is 11.5 Å². The molecule has 0 spiro atoms. The third kappa shape index (κ3) is 26.6. The van der Waals surface area contributed by atoms with E-state index < -0.39 is 219 Å². The maximum atomic E-state index is 15.0. The van der Waals surface area contributed by atoms with Crippen LogP contribution in [0.15, 0.2) is 76.2 Å². The van der Waals surface area contributed by atoms with Crippen LogP contribution in [0.3, 0.4) is 0 Å². The number of anilines is 5. The molecule has 74 heteroatoms. The number of ether oxygens (including phenoxy) is 7. The molecule has 56 nitrogen and oxygen atoms in total. The van der Waals surface area contributed by atoms with Crippen molar-refractivity contribution in [2.24, 2.45) is 16.5 Å². The molecule has 7 aliphatic rings. The van der Waals surface area contributed by atoms with Crippen LogP contribution in [0.1, 0.15) is 101 Å². The summed E-state index contributed by atoms with van der Waals surface area (Å²) in [5, 5.41) is 2.89. The first kappa shape index (κ1) is 116. The van der Waals surface area contributed by atoms with Gasteiger partial charge in [-0.05, 0) is 20.8 Å². The summed E-state index contributed by atoms with van der Waals surface area (Å²) in [6.07, 6.45) is -14.8. The SMILES string of the molecule is CCOP([O-])(=S)O[C@@H]1[C@H](OC)C(n2cnc3c(N)ncnc32)O[C@@H]1COP([O-])(=S)O[C@@H]1CC(n2cnc3c2NC(N)=NC3N)O[C@@H]1COP([O-])(=S)O[C@@H]1CC(n2cc(C)c(=O)[nH]c2=O)O[C@@H]1COP([O-])(=S)O[C@@H]1CC(n2cnc3c(N)ncnc32)O[C@@H]1COP([O-])(=S)O[C@@H]1CC(n2cnc3c(=O)[nH]c(N)nc32)O[C@@H]1COP([O-])(=S)O[C@@H]1CC(n2cnc3c(N)ncnc32)O[C@@H]1C.[Na+].[Na+].[Na+].[Na+].[Na+].[Na+]. The van der Waals surface area contributed by atoms with Gasteiger partial charge in [0.2, 0.25) is 5.95 Å². The summed E-state index contributed by atoms with van der Waals surface area (Å²) in [6, 6.07) is 0. The Balaban J connectivity index is 0.00000300. The molecule has 13 unspecified atom stereocenters. The Morgan fingerprint density at radius 1 is 0.438 bits per heavy atom. The number of nitrogens with zero attached hydrogens (tertiary/aromatic N) is 19. The molecule has 0 saturated carbocycles. The molecule has 10 aromatic rings. The third-order valence-corrected chi connectivity index (χ3v) is 31.2. The van der Waals surface area contributed by atoms with Gasteiger partial charge in [0.05, 0.1) is 108 Å². The number of nitrogens with two attached hydrogens (primary N) is 6. The largest absolute Gasteiger partial charge is 1.00 e. The molecule has 0 aliphatic carbocycles.